The van der Waals surface area contributed by atoms with Crippen LogP contribution in [0.2, 0.25) is 0 Å². The topological polar surface area (TPSA) is 73.9 Å². The molecule has 6 nitrogen and oxygen atoms in total. The number of rotatable bonds is 5. The van der Waals surface area contributed by atoms with Crippen LogP contribution in [0, 0.1) is 19.7 Å². The summed E-state index contributed by atoms with van der Waals surface area (Å²) in [6.45, 7) is 8.07. The van der Waals surface area contributed by atoms with E-state index in [0.29, 0.717) is 11.6 Å². The van der Waals surface area contributed by atoms with Crippen molar-refractivity contribution in [3.8, 4) is 23.3 Å². The van der Waals surface area contributed by atoms with Crippen molar-refractivity contribution in [2.75, 3.05) is 0 Å². The van der Waals surface area contributed by atoms with Gasteiger partial charge in [0.25, 0.3) is 5.89 Å². The SMILES string of the molecule is Cc1ccc(C(C)(C)c2ccc(Oc3ncc(F)c(-c4nc(C)no4)n3)cc2)cc1. The lowest BCUT2D eigenvalue weighted by molar-refractivity contribution is 0.413. The van der Waals surface area contributed by atoms with Crippen LogP contribution in [0.1, 0.15) is 36.4 Å². The zero-order valence-corrected chi connectivity index (χ0v) is 17.2. The summed E-state index contributed by atoms with van der Waals surface area (Å²) in [5, 5.41) is 3.66. The minimum absolute atomic E-state index is 0.00667. The molecule has 0 bridgehead atoms. The molecule has 0 amide bonds. The van der Waals surface area contributed by atoms with Crippen LogP contribution in [0.5, 0.6) is 11.8 Å². The molecule has 152 valence electrons. The van der Waals surface area contributed by atoms with E-state index >= 15 is 0 Å². The van der Waals surface area contributed by atoms with Gasteiger partial charge in [0.05, 0.1) is 6.20 Å². The Morgan fingerprint density at radius 1 is 0.900 bits per heavy atom. The maximum atomic E-state index is 14.1. The third-order valence-corrected chi connectivity index (χ3v) is 5.01. The highest BCUT2D eigenvalue weighted by molar-refractivity contribution is 5.47. The molecule has 0 N–H and O–H groups in total. The standard InChI is InChI=1S/C23H21FN4O2/c1-14-5-7-16(8-6-14)23(3,4)17-9-11-18(12-10-17)29-22-25-13-19(24)20(27-22)21-26-15(2)28-30-21/h5-13H,1-4H3. The Balaban J connectivity index is 1.56. The van der Waals surface area contributed by atoms with Crippen molar-refractivity contribution in [2.24, 2.45) is 0 Å². The number of nitrogens with zero attached hydrogens (tertiary/aromatic N) is 4. The molecule has 30 heavy (non-hydrogen) atoms. The summed E-state index contributed by atoms with van der Waals surface area (Å²) in [6.07, 6.45) is 1.02. The van der Waals surface area contributed by atoms with E-state index in [4.69, 9.17) is 9.26 Å². The lowest BCUT2D eigenvalue weighted by Crippen LogP contribution is -2.18. The summed E-state index contributed by atoms with van der Waals surface area (Å²) < 4.78 is 24.8. The Morgan fingerprint density at radius 2 is 1.53 bits per heavy atom. The first-order chi connectivity index (χ1) is 14.3. The largest absolute Gasteiger partial charge is 0.424 e. The molecule has 4 rings (SSSR count). The maximum Gasteiger partial charge on any atom is 0.322 e. The van der Waals surface area contributed by atoms with Crippen molar-refractivity contribution in [2.45, 2.75) is 33.1 Å². The van der Waals surface area contributed by atoms with Crippen molar-refractivity contribution < 1.29 is 13.7 Å². The van der Waals surface area contributed by atoms with Crippen LogP contribution >= 0.6 is 0 Å². The van der Waals surface area contributed by atoms with E-state index in [0.717, 1.165) is 11.8 Å². The molecule has 0 saturated carbocycles. The molecule has 0 saturated heterocycles. The fraction of sp³-hybridized carbons (Fsp3) is 0.217. The molecule has 0 atom stereocenters. The quantitative estimate of drug-likeness (QED) is 0.443. The zero-order chi connectivity index (χ0) is 21.3. The van der Waals surface area contributed by atoms with Crippen LogP contribution in [-0.2, 0) is 5.41 Å². The minimum atomic E-state index is -0.666. The number of benzene rings is 2. The number of hydrogen-bond donors (Lipinski definition) is 0. The Hall–Kier alpha value is -3.61. The average Bonchev–Trinajstić information content (AvgIpc) is 3.16. The molecule has 7 heteroatoms. The van der Waals surface area contributed by atoms with Gasteiger partial charge < -0.3 is 9.26 Å². The monoisotopic (exact) mass is 404 g/mol. The highest BCUT2D eigenvalue weighted by atomic mass is 19.1. The second-order valence-corrected chi connectivity index (χ2v) is 7.61. The Kier molecular flexibility index (Phi) is 5.03. The molecular formula is C23H21FN4O2. The third kappa shape index (κ3) is 3.91. The molecule has 0 aliphatic carbocycles. The van der Waals surface area contributed by atoms with E-state index in [2.05, 4.69) is 65.1 Å². The van der Waals surface area contributed by atoms with E-state index in [1.54, 1.807) is 6.92 Å². The van der Waals surface area contributed by atoms with Gasteiger partial charge in [-0.15, -0.1) is 0 Å². The van der Waals surface area contributed by atoms with Gasteiger partial charge in [-0.3, -0.25) is 0 Å². The van der Waals surface area contributed by atoms with E-state index < -0.39 is 5.82 Å². The number of aryl methyl sites for hydroxylation is 2. The number of hydrogen-bond acceptors (Lipinski definition) is 6. The van der Waals surface area contributed by atoms with E-state index in [1.807, 2.05) is 24.3 Å². The summed E-state index contributed by atoms with van der Waals surface area (Å²) in [5.74, 6) is 0.239. The van der Waals surface area contributed by atoms with Gasteiger partial charge in [0.2, 0.25) is 0 Å². The van der Waals surface area contributed by atoms with Gasteiger partial charge in [0.1, 0.15) is 5.75 Å². The van der Waals surface area contributed by atoms with E-state index in [-0.39, 0.29) is 23.0 Å². The summed E-state index contributed by atoms with van der Waals surface area (Å²) in [7, 11) is 0. The molecule has 2 aromatic carbocycles. The Morgan fingerprint density at radius 3 is 2.13 bits per heavy atom. The van der Waals surface area contributed by atoms with E-state index in [9.17, 15) is 4.39 Å². The van der Waals surface area contributed by atoms with Crippen LogP contribution in [-0.4, -0.2) is 20.1 Å². The predicted molar refractivity (Wildman–Crippen MR) is 110 cm³/mol. The smallest absolute Gasteiger partial charge is 0.322 e. The minimum Gasteiger partial charge on any atom is -0.424 e. The molecule has 0 fully saturated rings. The number of aromatic nitrogens is 4. The second-order valence-electron chi connectivity index (χ2n) is 7.61. The van der Waals surface area contributed by atoms with Gasteiger partial charge >= 0.3 is 6.01 Å². The van der Waals surface area contributed by atoms with Crippen molar-refractivity contribution >= 4 is 0 Å². The zero-order valence-electron chi connectivity index (χ0n) is 17.2. The van der Waals surface area contributed by atoms with Crippen molar-refractivity contribution in [1.29, 1.82) is 0 Å². The van der Waals surface area contributed by atoms with Crippen molar-refractivity contribution in [3.63, 3.8) is 0 Å². The summed E-state index contributed by atoms with van der Waals surface area (Å²) >= 11 is 0. The third-order valence-electron chi connectivity index (χ3n) is 5.01. The van der Waals surface area contributed by atoms with Crippen LogP contribution < -0.4 is 4.74 Å². The molecular weight excluding hydrogens is 383 g/mol. The van der Waals surface area contributed by atoms with Crippen molar-refractivity contribution in [3.05, 3.63) is 83.1 Å². The number of ether oxygens (including phenoxy) is 1. The normalized spacial score (nSPS) is 11.5. The van der Waals surface area contributed by atoms with Gasteiger partial charge in [0.15, 0.2) is 17.3 Å². The van der Waals surface area contributed by atoms with Crippen LogP contribution in [0.25, 0.3) is 11.6 Å². The van der Waals surface area contributed by atoms with Crippen LogP contribution in [0.15, 0.2) is 59.3 Å². The molecule has 2 aromatic heterocycles. The molecule has 0 radical (unpaired) electrons. The number of halogens is 1. The summed E-state index contributed by atoms with van der Waals surface area (Å²) in [4.78, 5) is 12.0. The van der Waals surface area contributed by atoms with Crippen molar-refractivity contribution in [1.82, 2.24) is 20.1 Å². The maximum absolute atomic E-state index is 14.1. The van der Waals surface area contributed by atoms with Gasteiger partial charge in [0, 0.05) is 5.41 Å². The highest BCUT2D eigenvalue weighted by Crippen LogP contribution is 2.33. The Bertz CT molecular complexity index is 1170. The van der Waals surface area contributed by atoms with Gasteiger partial charge in [-0.1, -0.05) is 61.0 Å². The Labute approximate surface area is 173 Å². The van der Waals surface area contributed by atoms with Crippen LogP contribution in [0.4, 0.5) is 4.39 Å². The molecule has 0 spiro atoms. The lowest BCUT2D eigenvalue weighted by Gasteiger charge is -2.26. The fourth-order valence-electron chi connectivity index (χ4n) is 3.13. The average molecular weight is 404 g/mol. The van der Waals surface area contributed by atoms with Crippen LogP contribution in [0.3, 0.4) is 0 Å². The first kappa shape index (κ1) is 19.7. The van der Waals surface area contributed by atoms with E-state index in [1.165, 1.54) is 11.1 Å². The molecule has 0 aliphatic rings. The first-order valence-corrected chi connectivity index (χ1v) is 9.52. The second kappa shape index (κ2) is 7.67. The van der Waals surface area contributed by atoms with Gasteiger partial charge in [-0.2, -0.15) is 9.97 Å². The first-order valence-electron chi connectivity index (χ1n) is 9.52. The van der Waals surface area contributed by atoms with Gasteiger partial charge in [-0.25, -0.2) is 9.37 Å². The predicted octanol–water partition coefficient (Wildman–Crippen LogP) is 5.40. The molecule has 0 aliphatic heterocycles. The van der Waals surface area contributed by atoms with Gasteiger partial charge in [-0.05, 0) is 37.1 Å². The molecule has 4 aromatic rings. The fourth-order valence-corrected chi connectivity index (χ4v) is 3.13. The highest BCUT2D eigenvalue weighted by Gasteiger charge is 2.23. The molecule has 2 heterocycles. The summed E-state index contributed by atoms with van der Waals surface area (Å²) in [6, 6.07) is 16.2. The summed E-state index contributed by atoms with van der Waals surface area (Å²) in [5.41, 5.74) is 3.33. The lowest BCUT2D eigenvalue weighted by atomic mass is 9.78. The molecule has 0 unspecified atom stereocenters.